The SMILES string of the molecule is O=C(CCCOCc1ccccc1)Nc1ccc(Cl)nc1. The van der Waals surface area contributed by atoms with Crippen LogP contribution in [0.5, 0.6) is 0 Å². The molecule has 0 aliphatic carbocycles. The molecule has 0 unspecified atom stereocenters. The van der Waals surface area contributed by atoms with Gasteiger partial charge in [-0.15, -0.1) is 0 Å². The van der Waals surface area contributed by atoms with E-state index in [0.717, 1.165) is 5.56 Å². The first-order valence-corrected chi connectivity index (χ1v) is 7.15. The van der Waals surface area contributed by atoms with Crippen LogP contribution in [0.2, 0.25) is 5.15 Å². The fourth-order valence-electron chi connectivity index (χ4n) is 1.77. The largest absolute Gasteiger partial charge is 0.377 e. The molecule has 0 atom stereocenters. The Morgan fingerprint density at radius 2 is 2.00 bits per heavy atom. The van der Waals surface area contributed by atoms with Gasteiger partial charge in [0.1, 0.15) is 5.15 Å². The number of amides is 1. The lowest BCUT2D eigenvalue weighted by molar-refractivity contribution is -0.116. The first-order chi connectivity index (χ1) is 10.2. The number of halogens is 1. The Labute approximate surface area is 129 Å². The van der Waals surface area contributed by atoms with Crippen LogP contribution in [-0.2, 0) is 16.1 Å². The van der Waals surface area contributed by atoms with E-state index in [4.69, 9.17) is 16.3 Å². The number of carbonyl (C=O) groups excluding carboxylic acids is 1. The van der Waals surface area contributed by atoms with Crippen molar-refractivity contribution in [2.24, 2.45) is 0 Å². The summed E-state index contributed by atoms with van der Waals surface area (Å²) in [6.07, 6.45) is 2.63. The highest BCUT2D eigenvalue weighted by atomic mass is 35.5. The maximum absolute atomic E-state index is 11.7. The van der Waals surface area contributed by atoms with E-state index >= 15 is 0 Å². The number of nitrogens with one attached hydrogen (secondary N) is 1. The van der Waals surface area contributed by atoms with E-state index in [1.807, 2.05) is 30.3 Å². The average Bonchev–Trinajstić information content (AvgIpc) is 2.50. The van der Waals surface area contributed by atoms with E-state index < -0.39 is 0 Å². The molecule has 110 valence electrons. The van der Waals surface area contributed by atoms with Crippen LogP contribution >= 0.6 is 11.6 Å². The van der Waals surface area contributed by atoms with Crippen LogP contribution in [0.25, 0.3) is 0 Å². The molecule has 0 saturated heterocycles. The molecular formula is C16H17ClN2O2. The maximum atomic E-state index is 11.7. The Bertz CT molecular complexity index is 558. The van der Waals surface area contributed by atoms with Crippen molar-refractivity contribution in [3.05, 3.63) is 59.4 Å². The first-order valence-electron chi connectivity index (χ1n) is 6.77. The van der Waals surface area contributed by atoms with Gasteiger partial charge in [0.15, 0.2) is 0 Å². The molecule has 1 aromatic heterocycles. The third-order valence-corrected chi connectivity index (χ3v) is 3.04. The van der Waals surface area contributed by atoms with E-state index in [0.29, 0.717) is 36.9 Å². The Hall–Kier alpha value is -1.91. The minimum absolute atomic E-state index is 0.0533. The standard InChI is InChI=1S/C16H17ClN2O2/c17-15-9-8-14(11-18-15)19-16(20)7-4-10-21-12-13-5-2-1-3-6-13/h1-3,5-6,8-9,11H,4,7,10,12H2,(H,19,20). The van der Waals surface area contributed by atoms with Gasteiger partial charge in [-0.25, -0.2) is 4.98 Å². The molecule has 21 heavy (non-hydrogen) atoms. The Kier molecular flexibility index (Phi) is 6.19. The second kappa shape index (κ2) is 8.39. The molecular weight excluding hydrogens is 288 g/mol. The molecule has 0 fully saturated rings. The lowest BCUT2D eigenvalue weighted by Gasteiger charge is -2.06. The molecule has 1 N–H and O–H groups in total. The summed E-state index contributed by atoms with van der Waals surface area (Å²) in [7, 11) is 0. The average molecular weight is 305 g/mol. The van der Waals surface area contributed by atoms with Gasteiger partial charge in [-0.3, -0.25) is 4.79 Å². The number of anilines is 1. The van der Waals surface area contributed by atoms with Crippen molar-refractivity contribution in [2.45, 2.75) is 19.4 Å². The van der Waals surface area contributed by atoms with Crippen LogP contribution in [0.3, 0.4) is 0 Å². The van der Waals surface area contributed by atoms with Crippen molar-refractivity contribution in [3.8, 4) is 0 Å². The summed E-state index contributed by atoms with van der Waals surface area (Å²) in [5.74, 6) is -0.0533. The highest BCUT2D eigenvalue weighted by molar-refractivity contribution is 6.29. The topological polar surface area (TPSA) is 51.2 Å². The first kappa shape index (κ1) is 15.5. The summed E-state index contributed by atoms with van der Waals surface area (Å²) in [5.41, 5.74) is 1.78. The fourth-order valence-corrected chi connectivity index (χ4v) is 1.88. The van der Waals surface area contributed by atoms with Crippen LogP contribution < -0.4 is 5.32 Å². The van der Waals surface area contributed by atoms with Crippen LogP contribution in [0.4, 0.5) is 5.69 Å². The summed E-state index contributed by atoms with van der Waals surface area (Å²) in [4.78, 5) is 15.6. The van der Waals surface area contributed by atoms with Crippen LogP contribution in [0.1, 0.15) is 18.4 Å². The number of hydrogen-bond acceptors (Lipinski definition) is 3. The number of aromatic nitrogens is 1. The van der Waals surface area contributed by atoms with E-state index in [-0.39, 0.29) is 5.91 Å². The molecule has 0 bridgehead atoms. The number of pyridine rings is 1. The number of ether oxygens (including phenoxy) is 1. The summed E-state index contributed by atoms with van der Waals surface area (Å²) in [6, 6.07) is 13.3. The maximum Gasteiger partial charge on any atom is 0.224 e. The molecule has 0 radical (unpaired) electrons. The van der Waals surface area contributed by atoms with Crippen molar-refractivity contribution in [1.82, 2.24) is 4.98 Å². The zero-order valence-electron chi connectivity index (χ0n) is 11.6. The van der Waals surface area contributed by atoms with Crippen molar-refractivity contribution in [1.29, 1.82) is 0 Å². The van der Waals surface area contributed by atoms with Gasteiger partial charge in [-0.05, 0) is 24.1 Å². The predicted molar refractivity (Wildman–Crippen MR) is 83.2 cm³/mol. The second-order valence-electron chi connectivity index (χ2n) is 4.56. The third-order valence-electron chi connectivity index (χ3n) is 2.82. The monoisotopic (exact) mass is 304 g/mol. The van der Waals surface area contributed by atoms with Gasteiger partial charge in [-0.1, -0.05) is 41.9 Å². The molecule has 5 heteroatoms. The molecule has 1 aromatic carbocycles. The van der Waals surface area contributed by atoms with Crippen LogP contribution in [0.15, 0.2) is 48.7 Å². The molecule has 1 heterocycles. The number of rotatable bonds is 7. The summed E-state index contributed by atoms with van der Waals surface area (Å²) >= 11 is 5.68. The van der Waals surface area contributed by atoms with Gasteiger partial charge >= 0.3 is 0 Å². The van der Waals surface area contributed by atoms with Crippen molar-refractivity contribution in [2.75, 3.05) is 11.9 Å². The van der Waals surface area contributed by atoms with Gasteiger partial charge in [0.25, 0.3) is 0 Å². The van der Waals surface area contributed by atoms with E-state index in [1.165, 1.54) is 6.20 Å². The van der Waals surface area contributed by atoms with E-state index in [1.54, 1.807) is 12.1 Å². The number of nitrogens with zero attached hydrogens (tertiary/aromatic N) is 1. The smallest absolute Gasteiger partial charge is 0.224 e. The summed E-state index contributed by atoms with van der Waals surface area (Å²) < 4.78 is 5.53. The number of benzene rings is 1. The molecule has 2 aromatic rings. The zero-order chi connectivity index (χ0) is 14.9. The molecule has 4 nitrogen and oxygen atoms in total. The van der Waals surface area contributed by atoms with Gasteiger partial charge in [0.05, 0.1) is 18.5 Å². The Morgan fingerprint density at radius 3 is 2.71 bits per heavy atom. The Balaban J connectivity index is 1.60. The van der Waals surface area contributed by atoms with Gasteiger partial charge < -0.3 is 10.1 Å². The van der Waals surface area contributed by atoms with Crippen molar-refractivity contribution in [3.63, 3.8) is 0 Å². The molecule has 0 spiro atoms. The Morgan fingerprint density at radius 1 is 1.19 bits per heavy atom. The minimum atomic E-state index is -0.0533. The van der Waals surface area contributed by atoms with E-state index in [2.05, 4.69) is 10.3 Å². The van der Waals surface area contributed by atoms with Crippen molar-refractivity contribution < 1.29 is 9.53 Å². The highest BCUT2D eigenvalue weighted by Crippen LogP contribution is 2.10. The summed E-state index contributed by atoms with van der Waals surface area (Å²) in [6.45, 7) is 1.13. The molecule has 0 saturated carbocycles. The molecule has 0 aliphatic heterocycles. The highest BCUT2D eigenvalue weighted by Gasteiger charge is 2.02. The zero-order valence-corrected chi connectivity index (χ0v) is 12.3. The van der Waals surface area contributed by atoms with Crippen LogP contribution in [0, 0.1) is 0 Å². The normalized spacial score (nSPS) is 10.3. The van der Waals surface area contributed by atoms with Gasteiger partial charge in [0.2, 0.25) is 5.91 Å². The lowest BCUT2D eigenvalue weighted by Crippen LogP contribution is -2.12. The van der Waals surface area contributed by atoms with Crippen molar-refractivity contribution >= 4 is 23.2 Å². The molecule has 2 rings (SSSR count). The number of hydrogen-bond donors (Lipinski definition) is 1. The predicted octanol–water partition coefficient (Wildman–Crippen LogP) is 3.67. The second-order valence-corrected chi connectivity index (χ2v) is 4.95. The summed E-state index contributed by atoms with van der Waals surface area (Å²) in [5, 5.41) is 3.17. The fraction of sp³-hybridized carbons (Fsp3) is 0.250. The lowest BCUT2D eigenvalue weighted by atomic mass is 10.2. The van der Waals surface area contributed by atoms with Crippen LogP contribution in [-0.4, -0.2) is 17.5 Å². The third kappa shape index (κ3) is 5.94. The number of carbonyl (C=O) groups is 1. The quantitative estimate of drug-likeness (QED) is 0.627. The minimum Gasteiger partial charge on any atom is -0.377 e. The van der Waals surface area contributed by atoms with Gasteiger partial charge in [-0.2, -0.15) is 0 Å². The molecule has 0 aliphatic rings. The van der Waals surface area contributed by atoms with Gasteiger partial charge in [0, 0.05) is 13.0 Å². The molecule has 1 amide bonds. The van der Waals surface area contributed by atoms with E-state index in [9.17, 15) is 4.79 Å².